The zero-order valence-corrected chi connectivity index (χ0v) is 10.2. The van der Waals surface area contributed by atoms with Gasteiger partial charge in [0, 0.05) is 5.56 Å². The van der Waals surface area contributed by atoms with E-state index in [2.05, 4.69) is 20.9 Å². The predicted octanol–water partition coefficient (Wildman–Crippen LogP) is 4.59. The average molecular weight is 308 g/mol. The molecule has 0 aliphatic heterocycles. The Morgan fingerprint density at radius 2 is 1.75 bits per heavy atom. The van der Waals surface area contributed by atoms with Crippen LogP contribution >= 0.6 is 27.3 Å². The lowest BCUT2D eigenvalue weighted by Gasteiger charge is -2.06. The second-order valence-corrected chi connectivity index (χ2v) is 5.22. The maximum atomic E-state index is 12.3. The summed E-state index contributed by atoms with van der Waals surface area (Å²) in [6.45, 7) is 0. The molecule has 0 radical (unpaired) electrons. The number of hydrogen-bond donors (Lipinski definition) is 0. The van der Waals surface area contributed by atoms with Crippen LogP contribution < -0.4 is 0 Å². The highest BCUT2D eigenvalue weighted by Crippen LogP contribution is 2.33. The summed E-state index contributed by atoms with van der Waals surface area (Å²) in [7, 11) is 0. The summed E-state index contributed by atoms with van der Waals surface area (Å²) in [5.74, 6) is 0. The van der Waals surface area contributed by atoms with E-state index in [1.54, 1.807) is 5.51 Å². The van der Waals surface area contributed by atoms with Crippen molar-refractivity contribution < 1.29 is 13.2 Å². The van der Waals surface area contributed by atoms with E-state index in [0.717, 1.165) is 15.9 Å². The molecular weight excluding hydrogens is 303 g/mol. The molecule has 84 valence electrons. The molecule has 0 N–H and O–H groups in total. The van der Waals surface area contributed by atoms with Crippen molar-refractivity contribution in [2.75, 3.05) is 0 Å². The topological polar surface area (TPSA) is 12.9 Å². The van der Waals surface area contributed by atoms with E-state index in [1.165, 1.54) is 23.5 Å². The van der Waals surface area contributed by atoms with Crippen LogP contribution in [0.2, 0.25) is 0 Å². The van der Waals surface area contributed by atoms with Gasteiger partial charge in [-0.25, -0.2) is 4.98 Å². The Kier molecular flexibility index (Phi) is 3.03. The molecule has 6 heteroatoms. The van der Waals surface area contributed by atoms with Crippen molar-refractivity contribution in [2.45, 2.75) is 6.18 Å². The molecule has 0 aliphatic rings. The van der Waals surface area contributed by atoms with Crippen molar-refractivity contribution in [3.8, 4) is 11.3 Å². The van der Waals surface area contributed by atoms with Gasteiger partial charge >= 0.3 is 6.18 Å². The molecule has 0 aliphatic carbocycles. The molecule has 0 spiro atoms. The minimum Gasteiger partial charge on any atom is -0.243 e. The number of halogens is 4. The summed E-state index contributed by atoms with van der Waals surface area (Å²) in [5.41, 5.74) is 2.32. The maximum Gasteiger partial charge on any atom is 0.416 e. The first-order chi connectivity index (χ1) is 7.48. The largest absolute Gasteiger partial charge is 0.416 e. The molecule has 0 bridgehead atoms. The molecule has 0 atom stereocenters. The van der Waals surface area contributed by atoms with Gasteiger partial charge in [0.05, 0.1) is 20.6 Å². The molecule has 0 unspecified atom stereocenters. The van der Waals surface area contributed by atoms with E-state index >= 15 is 0 Å². The Hall–Kier alpha value is -0.880. The highest BCUT2D eigenvalue weighted by atomic mass is 79.9. The number of rotatable bonds is 1. The summed E-state index contributed by atoms with van der Waals surface area (Å²) in [5, 5.41) is 0. The van der Waals surface area contributed by atoms with Gasteiger partial charge in [0.25, 0.3) is 0 Å². The van der Waals surface area contributed by atoms with Gasteiger partial charge in [0.15, 0.2) is 0 Å². The van der Waals surface area contributed by atoms with Gasteiger partial charge in [-0.05, 0) is 28.1 Å². The fourth-order valence-electron chi connectivity index (χ4n) is 1.24. The van der Waals surface area contributed by atoms with Gasteiger partial charge in [-0.15, -0.1) is 11.3 Å². The molecule has 1 nitrogen and oxygen atoms in total. The molecule has 16 heavy (non-hydrogen) atoms. The summed E-state index contributed by atoms with van der Waals surface area (Å²) >= 11 is 4.69. The Morgan fingerprint density at radius 3 is 2.19 bits per heavy atom. The lowest BCUT2D eigenvalue weighted by Crippen LogP contribution is -2.03. The molecule has 2 rings (SSSR count). The van der Waals surface area contributed by atoms with Gasteiger partial charge in [-0.1, -0.05) is 12.1 Å². The molecule has 0 saturated heterocycles. The SMILES string of the molecule is FC(F)(F)c1ccc(-c2ncsc2Br)cc1. The third kappa shape index (κ3) is 2.27. The fourth-order valence-corrected chi connectivity index (χ4v) is 2.35. The quantitative estimate of drug-likeness (QED) is 0.751. The molecular formula is C10H5BrF3NS. The van der Waals surface area contributed by atoms with E-state index < -0.39 is 11.7 Å². The van der Waals surface area contributed by atoms with Crippen LogP contribution in [0.4, 0.5) is 13.2 Å². The zero-order valence-electron chi connectivity index (χ0n) is 7.75. The minimum absolute atomic E-state index is 0.650. The van der Waals surface area contributed by atoms with Crippen molar-refractivity contribution in [1.82, 2.24) is 4.98 Å². The van der Waals surface area contributed by atoms with E-state index in [1.807, 2.05) is 0 Å². The van der Waals surface area contributed by atoms with E-state index in [4.69, 9.17) is 0 Å². The summed E-state index contributed by atoms with van der Waals surface area (Å²) in [6.07, 6.45) is -4.29. The summed E-state index contributed by atoms with van der Waals surface area (Å²) < 4.78 is 37.8. The maximum absolute atomic E-state index is 12.3. The lowest BCUT2D eigenvalue weighted by molar-refractivity contribution is -0.137. The Bertz CT molecular complexity index is 490. The molecule has 2 aromatic rings. The van der Waals surface area contributed by atoms with Crippen LogP contribution in [0.3, 0.4) is 0 Å². The molecule has 1 heterocycles. The van der Waals surface area contributed by atoms with Crippen molar-refractivity contribution in [2.24, 2.45) is 0 Å². The number of benzene rings is 1. The molecule has 1 aromatic heterocycles. The van der Waals surface area contributed by atoms with Crippen LogP contribution in [-0.4, -0.2) is 4.98 Å². The first-order valence-electron chi connectivity index (χ1n) is 4.25. The smallest absolute Gasteiger partial charge is 0.243 e. The summed E-state index contributed by atoms with van der Waals surface area (Å²) in [4.78, 5) is 4.07. The summed E-state index contributed by atoms with van der Waals surface area (Å²) in [6, 6.07) is 4.95. The number of hydrogen-bond acceptors (Lipinski definition) is 2. The highest BCUT2D eigenvalue weighted by Gasteiger charge is 2.30. The van der Waals surface area contributed by atoms with Gasteiger partial charge < -0.3 is 0 Å². The first-order valence-corrected chi connectivity index (χ1v) is 5.92. The highest BCUT2D eigenvalue weighted by molar-refractivity contribution is 9.11. The van der Waals surface area contributed by atoms with Crippen molar-refractivity contribution in [1.29, 1.82) is 0 Å². The Labute approximate surface area is 102 Å². The van der Waals surface area contributed by atoms with Gasteiger partial charge in [-0.2, -0.15) is 13.2 Å². The zero-order chi connectivity index (χ0) is 11.8. The molecule has 0 amide bonds. The van der Waals surface area contributed by atoms with E-state index in [9.17, 15) is 13.2 Å². The van der Waals surface area contributed by atoms with Crippen LogP contribution in [0, 0.1) is 0 Å². The van der Waals surface area contributed by atoms with Crippen molar-refractivity contribution >= 4 is 27.3 Å². The van der Waals surface area contributed by atoms with Crippen molar-refractivity contribution in [3.05, 3.63) is 39.1 Å². The average Bonchev–Trinajstić information content (AvgIpc) is 2.63. The number of nitrogens with zero attached hydrogens (tertiary/aromatic N) is 1. The van der Waals surface area contributed by atoms with Crippen LogP contribution in [0.15, 0.2) is 33.6 Å². The van der Waals surface area contributed by atoms with Crippen molar-refractivity contribution in [3.63, 3.8) is 0 Å². The molecule has 0 saturated carbocycles. The predicted molar refractivity (Wildman–Crippen MR) is 60.3 cm³/mol. The van der Waals surface area contributed by atoms with Crippen LogP contribution in [0.5, 0.6) is 0 Å². The normalized spacial score (nSPS) is 11.8. The van der Waals surface area contributed by atoms with Crippen LogP contribution in [-0.2, 0) is 6.18 Å². The standard InChI is InChI=1S/C10H5BrF3NS/c11-9-8(15-5-16-9)6-1-3-7(4-2-6)10(12,13)14/h1-5H. The van der Waals surface area contributed by atoms with E-state index in [-0.39, 0.29) is 0 Å². The number of thiazole rings is 1. The second kappa shape index (κ2) is 4.18. The van der Waals surface area contributed by atoms with Gasteiger partial charge in [0.1, 0.15) is 0 Å². The lowest BCUT2D eigenvalue weighted by atomic mass is 10.1. The van der Waals surface area contributed by atoms with Crippen LogP contribution in [0.1, 0.15) is 5.56 Å². The van der Waals surface area contributed by atoms with Gasteiger partial charge in [-0.3, -0.25) is 0 Å². The molecule has 1 aromatic carbocycles. The third-order valence-electron chi connectivity index (χ3n) is 2.01. The molecule has 0 fully saturated rings. The minimum atomic E-state index is -4.29. The Morgan fingerprint density at radius 1 is 1.12 bits per heavy atom. The second-order valence-electron chi connectivity index (χ2n) is 3.05. The van der Waals surface area contributed by atoms with Gasteiger partial charge in [0.2, 0.25) is 0 Å². The first kappa shape index (κ1) is 11.6. The monoisotopic (exact) mass is 307 g/mol. The third-order valence-corrected chi connectivity index (χ3v) is 3.56. The Balaban J connectivity index is 2.37. The number of alkyl halides is 3. The fraction of sp³-hybridized carbons (Fsp3) is 0.100. The number of aromatic nitrogens is 1. The van der Waals surface area contributed by atoms with Crippen LogP contribution in [0.25, 0.3) is 11.3 Å². The van der Waals surface area contributed by atoms with E-state index in [0.29, 0.717) is 11.3 Å².